The third-order valence-corrected chi connectivity index (χ3v) is 4.66. The second-order valence-corrected chi connectivity index (χ2v) is 7.28. The fraction of sp³-hybridized carbons (Fsp3) is 0.588. The average molecular weight is 289 g/mol. The van der Waals surface area contributed by atoms with E-state index in [0.29, 0.717) is 11.6 Å². The summed E-state index contributed by atoms with van der Waals surface area (Å²) in [7, 11) is 0. The zero-order valence-corrected chi connectivity index (χ0v) is 13.1. The zero-order chi connectivity index (χ0) is 15.4. The largest absolute Gasteiger partial charge is 0.478 e. The molecule has 114 valence electrons. The van der Waals surface area contributed by atoms with Crippen molar-refractivity contribution in [1.29, 1.82) is 0 Å². The van der Waals surface area contributed by atoms with Crippen molar-refractivity contribution in [2.45, 2.75) is 57.8 Å². The van der Waals surface area contributed by atoms with Crippen LogP contribution in [0, 0.1) is 0 Å². The summed E-state index contributed by atoms with van der Waals surface area (Å²) in [5.74, 6) is -0.859. The van der Waals surface area contributed by atoms with Gasteiger partial charge in [0.1, 0.15) is 0 Å². The molecule has 1 atom stereocenters. The summed E-state index contributed by atoms with van der Waals surface area (Å²) < 4.78 is 6.20. The first kappa shape index (κ1) is 14.4. The minimum absolute atomic E-state index is 0.113. The van der Waals surface area contributed by atoms with E-state index in [1.807, 2.05) is 12.1 Å². The van der Waals surface area contributed by atoms with Gasteiger partial charge in [0.2, 0.25) is 0 Å². The third kappa shape index (κ3) is 2.42. The van der Waals surface area contributed by atoms with E-state index in [0.717, 1.165) is 24.9 Å². The van der Waals surface area contributed by atoms with E-state index in [4.69, 9.17) is 9.84 Å². The molecule has 0 amide bonds. The van der Waals surface area contributed by atoms with Crippen molar-refractivity contribution in [3.05, 3.63) is 29.3 Å². The van der Waals surface area contributed by atoms with Gasteiger partial charge in [-0.2, -0.15) is 0 Å². The highest BCUT2D eigenvalue weighted by Gasteiger charge is 2.49. The van der Waals surface area contributed by atoms with E-state index in [2.05, 4.69) is 32.6 Å². The normalized spacial score (nSPS) is 25.9. The molecule has 2 heterocycles. The molecule has 0 radical (unpaired) electrons. The van der Waals surface area contributed by atoms with Crippen LogP contribution in [-0.2, 0) is 11.2 Å². The number of carbonyl (C=O) groups is 1. The number of hydrogen-bond acceptors (Lipinski definition) is 3. The maximum atomic E-state index is 11.1. The van der Waals surface area contributed by atoms with Crippen LogP contribution < -0.4 is 4.90 Å². The molecule has 0 saturated carbocycles. The topological polar surface area (TPSA) is 49.8 Å². The van der Waals surface area contributed by atoms with Crippen LogP contribution in [0.5, 0.6) is 0 Å². The standard InChI is InChI=1S/C17H23NO3/c1-16(2)10-14(17(3,4)21-16)18-8-7-11-9-12(15(19)20)5-6-13(11)18/h5-6,9,14H,7-8,10H2,1-4H3,(H,19,20). The van der Waals surface area contributed by atoms with Crippen molar-refractivity contribution >= 4 is 11.7 Å². The quantitative estimate of drug-likeness (QED) is 0.909. The van der Waals surface area contributed by atoms with Crippen molar-refractivity contribution in [1.82, 2.24) is 0 Å². The molecule has 1 saturated heterocycles. The molecule has 4 heteroatoms. The maximum Gasteiger partial charge on any atom is 0.335 e. The van der Waals surface area contributed by atoms with Gasteiger partial charge in [-0.1, -0.05) is 0 Å². The maximum absolute atomic E-state index is 11.1. The van der Waals surface area contributed by atoms with Gasteiger partial charge in [-0.3, -0.25) is 0 Å². The Labute approximate surface area is 125 Å². The summed E-state index contributed by atoms with van der Waals surface area (Å²) in [4.78, 5) is 13.5. The van der Waals surface area contributed by atoms with Gasteiger partial charge in [-0.05, 0) is 64.3 Å². The molecule has 21 heavy (non-hydrogen) atoms. The molecule has 0 aromatic heterocycles. The molecule has 4 nitrogen and oxygen atoms in total. The summed E-state index contributed by atoms with van der Waals surface area (Å²) in [6.45, 7) is 9.51. The minimum atomic E-state index is -0.859. The van der Waals surface area contributed by atoms with E-state index < -0.39 is 5.97 Å². The lowest BCUT2D eigenvalue weighted by atomic mass is 9.93. The highest BCUT2D eigenvalue weighted by atomic mass is 16.5. The number of fused-ring (bicyclic) bond motifs is 1. The highest BCUT2D eigenvalue weighted by Crippen LogP contribution is 2.44. The molecule has 1 N–H and O–H groups in total. The third-order valence-electron chi connectivity index (χ3n) is 4.66. The fourth-order valence-electron chi connectivity index (χ4n) is 3.90. The monoisotopic (exact) mass is 289 g/mol. The van der Waals surface area contributed by atoms with Crippen LogP contribution in [0.15, 0.2) is 18.2 Å². The Kier molecular flexibility index (Phi) is 3.06. The van der Waals surface area contributed by atoms with Crippen LogP contribution in [0.3, 0.4) is 0 Å². The van der Waals surface area contributed by atoms with Gasteiger partial charge in [0.15, 0.2) is 0 Å². The van der Waals surface area contributed by atoms with Crippen molar-refractivity contribution in [2.24, 2.45) is 0 Å². The second-order valence-electron chi connectivity index (χ2n) is 7.28. The molecule has 0 spiro atoms. The molecule has 1 fully saturated rings. The molecule has 1 unspecified atom stereocenters. The predicted octanol–water partition coefficient (Wildman–Crippen LogP) is 3.09. The molecule has 2 aliphatic heterocycles. The molecule has 0 aliphatic carbocycles. The number of carboxylic acids is 1. The van der Waals surface area contributed by atoms with Crippen molar-refractivity contribution < 1.29 is 14.6 Å². The summed E-state index contributed by atoms with van der Waals surface area (Å²) >= 11 is 0. The average Bonchev–Trinajstić information content (AvgIpc) is 2.85. The van der Waals surface area contributed by atoms with E-state index in [-0.39, 0.29) is 11.2 Å². The van der Waals surface area contributed by atoms with Crippen LogP contribution in [0.25, 0.3) is 0 Å². The number of aromatic carboxylic acids is 1. The van der Waals surface area contributed by atoms with E-state index in [9.17, 15) is 4.79 Å². The number of anilines is 1. The Morgan fingerprint density at radius 1 is 1.33 bits per heavy atom. The fourth-order valence-corrected chi connectivity index (χ4v) is 3.90. The predicted molar refractivity (Wildman–Crippen MR) is 82.1 cm³/mol. The first-order valence-electron chi connectivity index (χ1n) is 7.53. The van der Waals surface area contributed by atoms with Crippen LogP contribution in [-0.4, -0.2) is 34.9 Å². The SMILES string of the molecule is CC1(C)CC(N2CCc3cc(C(=O)O)ccc32)C(C)(C)O1. The van der Waals surface area contributed by atoms with Crippen LogP contribution in [0.4, 0.5) is 5.69 Å². The summed E-state index contributed by atoms with van der Waals surface area (Å²) in [6.07, 6.45) is 1.89. The van der Waals surface area contributed by atoms with Crippen LogP contribution >= 0.6 is 0 Å². The summed E-state index contributed by atoms with van der Waals surface area (Å²) in [5, 5.41) is 9.11. The van der Waals surface area contributed by atoms with E-state index >= 15 is 0 Å². The van der Waals surface area contributed by atoms with Crippen LogP contribution in [0.2, 0.25) is 0 Å². The number of benzene rings is 1. The summed E-state index contributed by atoms with van der Waals surface area (Å²) in [6, 6.07) is 5.79. The van der Waals surface area contributed by atoms with Gasteiger partial charge >= 0.3 is 5.97 Å². The lowest BCUT2D eigenvalue weighted by Gasteiger charge is -2.35. The lowest BCUT2D eigenvalue weighted by molar-refractivity contribution is -0.0678. The van der Waals surface area contributed by atoms with Crippen LogP contribution in [0.1, 0.15) is 50.0 Å². The Balaban J connectivity index is 1.93. The second kappa shape index (κ2) is 4.47. The van der Waals surface area contributed by atoms with Gasteiger partial charge in [0.25, 0.3) is 0 Å². The smallest absolute Gasteiger partial charge is 0.335 e. The lowest BCUT2D eigenvalue weighted by Crippen LogP contribution is -2.45. The molecule has 3 rings (SSSR count). The number of hydrogen-bond donors (Lipinski definition) is 1. The number of carboxylic acid groups (broad SMARTS) is 1. The van der Waals surface area contributed by atoms with Gasteiger partial charge in [-0.15, -0.1) is 0 Å². The molecular weight excluding hydrogens is 266 g/mol. The minimum Gasteiger partial charge on any atom is -0.478 e. The Morgan fingerprint density at radius 3 is 2.62 bits per heavy atom. The van der Waals surface area contributed by atoms with E-state index in [1.165, 1.54) is 5.69 Å². The first-order chi connectivity index (χ1) is 9.70. The van der Waals surface area contributed by atoms with Gasteiger partial charge in [0.05, 0.1) is 22.8 Å². The Morgan fingerprint density at radius 2 is 2.05 bits per heavy atom. The number of nitrogens with zero attached hydrogens (tertiary/aromatic N) is 1. The molecule has 0 bridgehead atoms. The number of rotatable bonds is 2. The van der Waals surface area contributed by atoms with Gasteiger partial charge in [0, 0.05) is 12.2 Å². The first-order valence-corrected chi connectivity index (χ1v) is 7.53. The zero-order valence-electron chi connectivity index (χ0n) is 13.1. The summed E-state index contributed by atoms with van der Waals surface area (Å²) in [5.41, 5.74) is 2.36. The highest BCUT2D eigenvalue weighted by molar-refractivity contribution is 5.88. The van der Waals surface area contributed by atoms with Crippen molar-refractivity contribution in [2.75, 3.05) is 11.4 Å². The van der Waals surface area contributed by atoms with Gasteiger partial charge in [-0.25, -0.2) is 4.79 Å². The van der Waals surface area contributed by atoms with Crippen molar-refractivity contribution in [3.63, 3.8) is 0 Å². The molecule has 1 aromatic carbocycles. The molecule has 1 aromatic rings. The Bertz CT molecular complexity index is 592. The van der Waals surface area contributed by atoms with Gasteiger partial charge < -0.3 is 14.7 Å². The molecule has 2 aliphatic rings. The number of ether oxygens (including phenoxy) is 1. The van der Waals surface area contributed by atoms with E-state index in [1.54, 1.807) is 6.07 Å². The van der Waals surface area contributed by atoms with Crippen molar-refractivity contribution in [3.8, 4) is 0 Å². The Hall–Kier alpha value is -1.55. The molecular formula is C17H23NO3.